The maximum Gasteiger partial charge on any atom is 0.326 e. The Morgan fingerprint density at radius 2 is 1.48 bits per heavy atom. The first-order chi connectivity index (χ1) is 30.2. The summed E-state index contributed by atoms with van der Waals surface area (Å²) in [4.78, 5) is 98.2. The molecule has 1 heterocycles. The van der Waals surface area contributed by atoms with Gasteiger partial charge in [0.1, 0.15) is 18.1 Å². The van der Waals surface area contributed by atoms with E-state index in [-0.39, 0.29) is 60.5 Å². The minimum absolute atomic E-state index is 0.00382. The number of benzene rings is 1. The third kappa shape index (κ3) is 16.1. The molecule has 9 atom stereocenters. The molecular formula is C49H79N5O10. The second-order valence-corrected chi connectivity index (χ2v) is 18.2. The van der Waals surface area contributed by atoms with Gasteiger partial charge in [0.25, 0.3) is 0 Å². The van der Waals surface area contributed by atoms with Gasteiger partial charge in [-0.25, -0.2) is 4.79 Å². The van der Waals surface area contributed by atoms with Gasteiger partial charge in [-0.15, -0.1) is 0 Å². The van der Waals surface area contributed by atoms with Crippen molar-refractivity contribution in [3.63, 3.8) is 0 Å². The molecule has 15 heteroatoms. The minimum Gasteiger partial charge on any atom is -0.480 e. The molecular weight excluding hydrogens is 819 g/mol. The summed E-state index contributed by atoms with van der Waals surface area (Å²) in [5, 5.41) is 15.6. The normalized spacial score (nSPS) is 17.6. The molecule has 5 amide bonds. The van der Waals surface area contributed by atoms with Crippen molar-refractivity contribution in [2.24, 2.45) is 23.7 Å². The van der Waals surface area contributed by atoms with Gasteiger partial charge in [0.2, 0.25) is 29.5 Å². The van der Waals surface area contributed by atoms with Gasteiger partial charge in [0.05, 0.1) is 36.6 Å². The van der Waals surface area contributed by atoms with Gasteiger partial charge in [-0.2, -0.15) is 0 Å². The van der Waals surface area contributed by atoms with Crippen LogP contribution in [0, 0.1) is 23.7 Å². The van der Waals surface area contributed by atoms with Crippen LogP contribution < -0.4 is 10.6 Å². The van der Waals surface area contributed by atoms with Crippen molar-refractivity contribution in [1.29, 1.82) is 0 Å². The van der Waals surface area contributed by atoms with Crippen molar-refractivity contribution in [2.75, 3.05) is 34.9 Å². The van der Waals surface area contributed by atoms with Crippen LogP contribution in [0.25, 0.3) is 0 Å². The van der Waals surface area contributed by atoms with E-state index in [4.69, 9.17) is 9.47 Å². The standard InChI is InChI=1S/C49H79N5O10/c1-13-33(7)44(53(10)48(60)42(31(3)4)51-47(59)43(32(5)6)52(9)40(56)27-21-16-15-20-25-36(55)14-2)39(63-11)30-41(57)54-28-22-26-38(54)45(64-12)34(8)46(58)50-37(49(61)62)29-35-23-18-17-19-24-35/h14,17-19,23-24,31-34,37-39,42-45H,2,13,15-16,20-22,25-30H2,1,3-12H3,(H,50,58)(H,51,59)(H,61,62)/t33-,34+,37-,38-,39+,42-,43-,44-,45+/m0/s1. The number of amides is 5. The van der Waals surface area contributed by atoms with Crippen LogP contribution in [0.4, 0.5) is 0 Å². The number of methoxy groups -OCH3 is 2. The lowest BCUT2D eigenvalue weighted by molar-refractivity contribution is -0.149. The Morgan fingerprint density at radius 3 is 2.02 bits per heavy atom. The molecule has 1 aliphatic heterocycles. The lowest BCUT2D eigenvalue weighted by Crippen LogP contribution is -2.60. The van der Waals surface area contributed by atoms with Crippen molar-refractivity contribution < 1.29 is 48.1 Å². The Hall–Kier alpha value is -4.63. The Balaban J connectivity index is 2.23. The van der Waals surface area contributed by atoms with Gasteiger partial charge < -0.3 is 39.9 Å². The van der Waals surface area contributed by atoms with Gasteiger partial charge in [0, 0.05) is 54.1 Å². The first-order valence-electron chi connectivity index (χ1n) is 23.2. The zero-order valence-electron chi connectivity index (χ0n) is 40.5. The van der Waals surface area contributed by atoms with Crippen molar-refractivity contribution in [1.82, 2.24) is 25.3 Å². The molecule has 2 rings (SSSR count). The average molecular weight is 898 g/mol. The number of carboxylic acids is 1. The molecule has 1 aromatic carbocycles. The van der Waals surface area contributed by atoms with E-state index >= 15 is 0 Å². The summed E-state index contributed by atoms with van der Waals surface area (Å²) in [5.41, 5.74) is 0.768. The summed E-state index contributed by atoms with van der Waals surface area (Å²) in [6.07, 6.45) is 5.47. The molecule has 0 aromatic heterocycles. The summed E-state index contributed by atoms with van der Waals surface area (Å²) < 4.78 is 11.9. The van der Waals surface area contributed by atoms with Gasteiger partial charge in [0.15, 0.2) is 5.78 Å². The van der Waals surface area contributed by atoms with Gasteiger partial charge in [-0.05, 0) is 55.1 Å². The number of aliphatic carboxylic acids is 1. The van der Waals surface area contributed by atoms with E-state index in [1.165, 1.54) is 25.2 Å². The molecule has 1 fully saturated rings. The molecule has 0 spiro atoms. The van der Waals surface area contributed by atoms with Gasteiger partial charge in [-0.3, -0.25) is 28.8 Å². The Bertz CT molecular complexity index is 1690. The molecule has 0 saturated carbocycles. The number of likely N-dealkylation sites (tertiary alicyclic amines) is 1. The molecule has 0 radical (unpaired) electrons. The maximum atomic E-state index is 14.5. The van der Waals surface area contributed by atoms with E-state index in [1.54, 1.807) is 43.0 Å². The Labute approximate surface area is 382 Å². The fourth-order valence-corrected chi connectivity index (χ4v) is 8.92. The second kappa shape index (κ2) is 27.6. The van der Waals surface area contributed by atoms with E-state index < -0.39 is 66.1 Å². The first kappa shape index (κ1) is 55.5. The van der Waals surface area contributed by atoms with Crippen molar-refractivity contribution >= 4 is 41.3 Å². The summed E-state index contributed by atoms with van der Waals surface area (Å²) in [6, 6.07) is 5.11. The predicted octanol–water partition coefficient (Wildman–Crippen LogP) is 5.44. The van der Waals surface area contributed by atoms with Crippen molar-refractivity contribution in [3.8, 4) is 0 Å². The molecule has 1 aromatic rings. The third-order valence-electron chi connectivity index (χ3n) is 12.9. The topological polar surface area (TPSA) is 192 Å². The molecule has 0 bridgehead atoms. The van der Waals surface area contributed by atoms with Crippen LogP contribution in [0.5, 0.6) is 0 Å². The van der Waals surface area contributed by atoms with E-state index in [9.17, 15) is 38.7 Å². The highest BCUT2D eigenvalue weighted by atomic mass is 16.5. The third-order valence-corrected chi connectivity index (χ3v) is 12.9. The lowest BCUT2D eigenvalue weighted by Gasteiger charge is -2.41. The molecule has 64 heavy (non-hydrogen) atoms. The molecule has 15 nitrogen and oxygen atoms in total. The molecule has 360 valence electrons. The summed E-state index contributed by atoms with van der Waals surface area (Å²) in [6.45, 7) is 17.0. The van der Waals surface area contributed by atoms with Crippen LogP contribution in [-0.4, -0.2) is 138 Å². The van der Waals surface area contributed by atoms with E-state index in [0.717, 1.165) is 24.8 Å². The number of carboxylic acid groups (broad SMARTS) is 1. The number of allylic oxidation sites excluding steroid dienone is 1. The number of ether oxygens (including phenoxy) is 2. The van der Waals surface area contributed by atoms with E-state index in [0.29, 0.717) is 38.6 Å². The second-order valence-electron chi connectivity index (χ2n) is 18.2. The van der Waals surface area contributed by atoms with Crippen LogP contribution in [0.15, 0.2) is 43.0 Å². The molecule has 0 aliphatic carbocycles. The van der Waals surface area contributed by atoms with E-state index in [2.05, 4.69) is 17.2 Å². The van der Waals surface area contributed by atoms with Crippen molar-refractivity contribution in [2.45, 2.75) is 162 Å². The zero-order chi connectivity index (χ0) is 48.3. The van der Waals surface area contributed by atoms with Crippen LogP contribution in [0.2, 0.25) is 0 Å². The number of likely N-dealkylation sites (N-methyl/N-ethyl adjacent to an activating group) is 2. The molecule has 1 saturated heterocycles. The fourth-order valence-electron chi connectivity index (χ4n) is 8.92. The smallest absolute Gasteiger partial charge is 0.326 e. The van der Waals surface area contributed by atoms with Gasteiger partial charge >= 0.3 is 5.97 Å². The van der Waals surface area contributed by atoms with Crippen LogP contribution in [0.3, 0.4) is 0 Å². The monoisotopic (exact) mass is 898 g/mol. The average Bonchev–Trinajstić information content (AvgIpc) is 3.75. The fraction of sp³-hybridized carbons (Fsp3) is 0.694. The Morgan fingerprint density at radius 1 is 0.859 bits per heavy atom. The highest BCUT2D eigenvalue weighted by Gasteiger charge is 2.43. The zero-order valence-corrected chi connectivity index (χ0v) is 40.5. The van der Waals surface area contributed by atoms with Crippen molar-refractivity contribution in [3.05, 3.63) is 48.6 Å². The highest BCUT2D eigenvalue weighted by Crippen LogP contribution is 2.30. The largest absolute Gasteiger partial charge is 0.480 e. The molecule has 0 unspecified atom stereocenters. The SMILES string of the molecule is C=CC(=O)CCCCCCC(=O)N(C)[C@H](C(=O)N[C@H](C(=O)N(C)[C@@H]([C@@H](C)CC)[C@@H](CC(=O)N1CCC[C@H]1[C@H](OC)[C@@H](C)C(=O)N[C@@H](Cc1ccccc1)C(=O)O)OC)C(C)C)C(C)C. The number of carbonyl (C=O) groups excluding carboxylic acids is 6. The highest BCUT2D eigenvalue weighted by molar-refractivity contribution is 5.92. The van der Waals surface area contributed by atoms with Crippen LogP contribution in [-0.2, 0) is 49.5 Å². The van der Waals surface area contributed by atoms with Crippen LogP contribution in [0.1, 0.15) is 118 Å². The number of hydrogen-bond acceptors (Lipinski definition) is 9. The number of hydrogen-bond donors (Lipinski definition) is 3. The summed E-state index contributed by atoms with van der Waals surface area (Å²) in [5.74, 6) is -4.30. The number of unbranched alkanes of at least 4 members (excludes halogenated alkanes) is 3. The summed E-state index contributed by atoms with van der Waals surface area (Å²) in [7, 11) is 6.28. The predicted molar refractivity (Wildman–Crippen MR) is 247 cm³/mol. The number of rotatable bonds is 29. The first-order valence-corrected chi connectivity index (χ1v) is 23.2. The maximum absolute atomic E-state index is 14.5. The number of nitrogens with one attached hydrogen (secondary N) is 2. The quantitative estimate of drug-likeness (QED) is 0.0690. The summed E-state index contributed by atoms with van der Waals surface area (Å²) >= 11 is 0. The Kier molecular flexibility index (Phi) is 24.0. The number of ketones is 1. The number of carbonyl (C=O) groups is 7. The lowest BCUT2D eigenvalue weighted by atomic mass is 9.89. The van der Waals surface area contributed by atoms with Gasteiger partial charge in [-0.1, -0.05) is 105 Å². The number of nitrogens with zero attached hydrogens (tertiary/aromatic N) is 3. The van der Waals surface area contributed by atoms with E-state index in [1.807, 2.05) is 59.7 Å². The minimum atomic E-state index is -1.16. The van der Waals surface area contributed by atoms with Crippen LogP contribution >= 0.6 is 0 Å². The molecule has 3 N–H and O–H groups in total. The molecule has 1 aliphatic rings.